The lowest BCUT2D eigenvalue weighted by molar-refractivity contribution is -0.122. The van der Waals surface area contributed by atoms with Gasteiger partial charge in [0.05, 0.1) is 13.7 Å². The van der Waals surface area contributed by atoms with Crippen LogP contribution in [0.4, 0.5) is 4.79 Å². The quantitative estimate of drug-likeness (QED) is 0.309. The second-order valence-electron chi connectivity index (χ2n) is 7.80. The Morgan fingerprint density at radius 2 is 1.91 bits per heavy atom. The first-order valence-electron chi connectivity index (χ1n) is 10.1. The predicted octanol–water partition coefficient (Wildman–Crippen LogP) is -0.786. The monoisotopic (exact) mass is 497 g/mol. The number of amides is 5. The summed E-state index contributed by atoms with van der Waals surface area (Å²) in [5.74, 6) is 4.06. The van der Waals surface area contributed by atoms with Crippen molar-refractivity contribution < 1.29 is 32.3 Å². The van der Waals surface area contributed by atoms with Crippen LogP contribution in [0.15, 0.2) is 42.5 Å². The van der Waals surface area contributed by atoms with Crippen LogP contribution in [0.1, 0.15) is 31.8 Å². The van der Waals surface area contributed by atoms with E-state index < -0.39 is 33.6 Å². The fourth-order valence-corrected chi connectivity index (χ4v) is 4.06. The van der Waals surface area contributed by atoms with Crippen molar-refractivity contribution in [3.8, 4) is 17.6 Å². The Kier molecular flexibility index (Phi) is 5.93. The topological polar surface area (TPSA) is 177 Å². The van der Waals surface area contributed by atoms with Crippen molar-refractivity contribution in [2.45, 2.75) is 12.1 Å². The number of methoxy groups -OCH3 is 1. The van der Waals surface area contributed by atoms with Crippen molar-refractivity contribution in [1.29, 1.82) is 0 Å². The molecule has 13 heteroatoms. The molecule has 1 atom stereocenters. The zero-order chi connectivity index (χ0) is 25.4. The van der Waals surface area contributed by atoms with Crippen LogP contribution in [0.3, 0.4) is 0 Å². The first-order chi connectivity index (χ1) is 16.5. The smallest absolute Gasteiger partial charge is 0.323 e. The van der Waals surface area contributed by atoms with E-state index in [0.29, 0.717) is 16.9 Å². The van der Waals surface area contributed by atoms with Gasteiger partial charge in [0, 0.05) is 23.2 Å². The van der Waals surface area contributed by atoms with Gasteiger partial charge in [-0.3, -0.25) is 19.7 Å². The van der Waals surface area contributed by atoms with Crippen molar-refractivity contribution >= 4 is 34.0 Å². The summed E-state index contributed by atoms with van der Waals surface area (Å²) in [5.41, 5.74) is -0.140. The normalized spacial score (nSPS) is 18.8. The Morgan fingerprint density at radius 1 is 1.20 bits per heavy atom. The molecular weight excluding hydrogens is 478 g/mol. The summed E-state index contributed by atoms with van der Waals surface area (Å²) in [5, 5.41) is 9.44. The number of carbonyl (C=O) groups is 4. The maximum Gasteiger partial charge on any atom is 0.323 e. The molecule has 0 unspecified atom stereocenters. The van der Waals surface area contributed by atoms with E-state index in [-0.39, 0.29) is 24.6 Å². The number of benzene rings is 2. The molecule has 0 radical (unpaired) electrons. The SMILES string of the molecule is COc1ccc2c(c1)C(=O)N(C[C@@]1(C#Cc3ccc(C(=O)NS(N)(=O)=O)cc3)NC(=O)NC1=O)C2. The molecule has 12 nitrogen and oxygen atoms in total. The van der Waals surface area contributed by atoms with E-state index in [1.54, 1.807) is 22.9 Å². The maximum atomic E-state index is 12.9. The second kappa shape index (κ2) is 8.75. The van der Waals surface area contributed by atoms with Gasteiger partial charge < -0.3 is 15.0 Å². The van der Waals surface area contributed by atoms with Gasteiger partial charge in [-0.25, -0.2) is 14.7 Å². The number of imide groups is 1. The highest BCUT2D eigenvalue weighted by Crippen LogP contribution is 2.28. The van der Waals surface area contributed by atoms with Gasteiger partial charge in [-0.15, -0.1) is 0 Å². The molecule has 0 spiro atoms. The molecular formula is C22H19N5O7S. The third kappa shape index (κ3) is 4.93. The Balaban J connectivity index is 1.58. The molecule has 2 aromatic rings. The van der Waals surface area contributed by atoms with Crippen molar-refractivity contribution in [3.63, 3.8) is 0 Å². The van der Waals surface area contributed by atoms with Gasteiger partial charge in [0.15, 0.2) is 0 Å². The third-order valence-electron chi connectivity index (χ3n) is 5.37. The molecule has 5 N–H and O–H groups in total. The fraction of sp³-hybridized carbons (Fsp3) is 0.182. The van der Waals surface area contributed by atoms with E-state index in [1.807, 2.05) is 0 Å². The minimum absolute atomic E-state index is 0.0158. The van der Waals surface area contributed by atoms with Gasteiger partial charge in [0.2, 0.25) is 5.54 Å². The van der Waals surface area contributed by atoms with Gasteiger partial charge in [-0.1, -0.05) is 17.9 Å². The fourth-order valence-electron chi connectivity index (χ4n) is 3.68. The molecule has 0 aliphatic carbocycles. The molecule has 4 rings (SSSR count). The third-order valence-corrected chi connectivity index (χ3v) is 5.84. The standard InChI is InChI=1S/C22H19N5O7S/c1-34-16-7-6-15-11-27(19(29)17(15)10-16)12-22(20(30)24-21(31)25-22)9-8-13-2-4-14(5-3-13)18(28)26-35(23,32)33/h2-7,10H,11-12H2,1H3,(H,26,28)(H2,23,32,33)(H2,24,25,30,31)/t22-/m1/s1. The molecule has 5 amide bonds. The number of ether oxygens (including phenoxy) is 1. The molecule has 2 aliphatic rings. The number of nitrogens with one attached hydrogen (secondary N) is 3. The van der Waals surface area contributed by atoms with Gasteiger partial charge in [-0.05, 0) is 42.0 Å². The summed E-state index contributed by atoms with van der Waals surface area (Å²) in [6.07, 6.45) is 0. The maximum absolute atomic E-state index is 12.9. The Morgan fingerprint density at radius 3 is 2.51 bits per heavy atom. The molecule has 1 saturated heterocycles. The number of rotatable bonds is 5. The summed E-state index contributed by atoms with van der Waals surface area (Å²) >= 11 is 0. The van der Waals surface area contributed by atoms with Crippen molar-refractivity contribution in [2.24, 2.45) is 5.14 Å². The number of nitrogens with zero attached hydrogens (tertiary/aromatic N) is 1. The van der Waals surface area contributed by atoms with Gasteiger partial charge >= 0.3 is 6.03 Å². The van der Waals surface area contributed by atoms with E-state index in [4.69, 9.17) is 9.88 Å². The lowest BCUT2D eigenvalue weighted by Crippen LogP contribution is -2.54. The van der Waals surface area contributed by atoms with Crippen molar-refractivity contribution in [2.75, 3.05) is 13.7 Å². The Bertz CT molecular complexity index is 1430. The molecule has 1 fully saturated rings. The number of hydrogen-bond acceptors (Lipinski definition) is 7. The number of hydrogen-bond donors (Lipinski definition) is 4. The van der Waals surface area contributed by atoms with Crippen LogP contribution in [0, 0.1) is 11.8 Å². The minimum Gasteiger partial charge on any atom is -0.497 e. The first kappa shape index (κ1) is 23.7. The highest BCUT2D eigenvalue weighted by atomic mass is 32.2. The average Bonchev–Trinajstić information content (AvgIpc) is 3.26. The number of fused-ring (bicyclic) bond motifs is 1. The summed E-state index contributed by atoms with van der Waals surface area (Å²) < 4.78 is 28.8. The summed E-state index contributed by atoms with van der Waals surface area (Å²) in [6.45, 7) is 0.0147. The largest absolute Gasteiger partial charge is 0.497 e. The molecule has 0 aromatic heterocycles. The second-order valence-corrected chi connectivity index (χ2v) is 9.10. The number of urea groups is 1. The van der Waals surface area contributed by atoms with Gasteiger partial charge in [-0.2, -0.15) is 8.42 Å². The number of nitrogens with two attached hydrogens (primary N) is 1. The average molecular weight is 497 g/mol. The van der Waals surface area contributed by atoms with Gasteiger partial charge in [0.25, 0.3) is 27.9 Å². The van der Waals surface area contributed by atoms with Crippen LogP contribution < -0.4 is 25.2 Å². The number of carbonyl (C=O) groups excluding carboxylic acids is 4. The molecule has 2 aliphatic heterocycles. The van der Waals surface area contributed by atoms with Crippen LogP contribution in [0.2, 0.25) is 0 Å². The predicted molar refractivity (Wildman–Crippen MR) is 121 cm³/mol. The van der Waals surface area contributed by atoms with Crippen LogP contribution in [-0.2, 0) is 21.5 Å². The van der Waals surface area contributed by atoms with Crippen LogP contribution in [0.25, 0.3) is 0 Å². The van der Waals surface area contributed by atoms with Gasteiger partial charge in [0.1, 0.15) is 5.75 Å². The molecule has 180 valence electrons. The lowest BCUT2D eigenvalue weighted by Gasteiger charge is -2.26. The van der Waals surface area contributed by atoms with E-state index in [0.717, 1.165) is 5.56 Å². The molecule has 2 heterocycles. The van der Waals surface area contributed by atoms with Crippen molar-refractivity contribution in [3.05, 3.63) is 64.7 Å². The highest BCUT2D eigenvalue weighted by molar-refractivity contribution is 7.87. The molecule has 0 saturated carbocycles. The lowest BCUT2D eigenvalue weighted by atomic mass is 9.99. The summed E-state index contributed by atoms with van der Waals surface area (Å²) in [4.78, 5) is 50.9. The van der Waals surface area contributed by atoms with E-state index in [2.05, 4.69) is 22.5 Å². The Labute approximate surface area is 200 Å². The van der Waals surface area contributed by atoms with Crippen molar-refractivity contribution in [1.82, 2.24) is 20.3 Å². The van der Waals surface area contributed by atoms with Crippen LogP contribution >= 0.6 is 0 Å². The zero-order valence-corrected chi connectivity index (χ0v) is 19.1. The first-order valence-corrected chi connectivity index (χ1v) is 11.6. The van der Waals surface area contributed by atoms with Crippen LogP contribution in [-0.4, -0.2) is 56.3 Å². The highest BCUT2D eigenvalue weighted by Gasteiger charge is 2.48. The molecule has 35 heavy (non-hydrogen) atoms. The zero-order valence-electron chi connectivity index (χ0n) is 18.2. The molecule has 2 aromatic carbocycles. The van der Waals surface area contributed by atoms with E-state index in [1.165, 1.54) is 36.3 Å². The van der Waals surface area contributed by atoms with Crippen LogP contribution in [0.5, 0.6) is 5.75 Å². The summed E-state index contributed by atoms with van der Waals surface area (Å²) in [6, 6.07) is 9.83. The summed E-state index contributed by atoms with van der Waals surface area (Å²) in [7, 11) is -2.73. The minimum atomic E-state index is -4.21. The molecule has 0 bridgehead atoms. The van der Waals surface area contributed by atoms with E-state index in [9.17, 15) is 27.6 Å². The Hall–Kier alpha value is -4.41. The van der Waals surface area contributed by atoms with E-state index >= 15 is 0 Å².